The van der Waals surface area contributed by atoms with Gasteiger partial charge in [-0.25, -0.2) is 4.98 Å². The first-order valence-electron chi connectivity index (χ1n) is 6.53. The summed E-state index contributed by atoms with van der Waals surface area (Å²) in [7, 11) is 2.05. The second kappa shape index (κ2) is 5.94. The lowest BCUT2D eigenvalue weighted by Gasteiger charge is -2.18. The second-order valence-corrected chi connectivity index (χ2v) is 6.11. The topological polar surface area (TPSA) is 36.4 Å². The van der Waals surface area contributed by atoms with Crippen molar-refractivity contribution in [2.45, 2.75) is 51.7 Å². The summed E-state index contributed by atoms with van der Waals surface area (Å²) in [6.07, 6.45) is 5.59. The number of aliphatic hydroxyl groups is 1. The van der Waals surface area contributed by atoms with E-state index in [2.05, 4.69) is 11.9 Å². The Morgan fingerprint density at radius 1 is 1.41 bits per heavy atom. The van der Waals surface area contributed by atoms with Crippen LogP contribution in [0.4, 0.5) is 0 Å². The molecule has 1 atom stereocenters. The number of likely N-dealkylation sites (N-methyl/N-ethyl adjacent to an activating group) is 1. The number of hydrogen-bond acceptors (Lipinski definition) is 4. The van der Waals surface area contributed by atoms with E-state index in [1.807, 2.05) is 18.3 Å². The van der Waals surface area contributed by atoms with Crippen LogP contribution in [0.5, 0.6) is 0 Å². The Morgan fingerprint density at radius 2 is 2.18 bits per heavy atom. The highest BCUT2D eigenvalue weighted by atomic mass is 32.1. The first kappa shape index (κ1) is 13.0. The molecule has 1 unspecified atom stereocenters. The zero-order chi connectivity index (χ0) is 12.3. The van der Waals surface area contributed by atoms with Crippen molar-refractivity contribution in [3.8, 4) is 0 Å². The van der Waals surface area contributed by atoms with Gasteiger partial charge in [0, 0.05) is 11.4 Å². The fourth-order valence-corrected chi connectivity index (χ4v) is 3.49. The Hall–Kier alpha value is -0.450. The van der Waals surface area contributed by atoms with E-state index < -0.39 is 0 Å². The van der Waals surface area contributed by atoms with E-state index in [9.17, 15) is 5.11 Å². The van der Waals surface area contributed by atoms with Crippen LogP contribution in [0.15, 0.2) is 0 Å². The number of thiazole rings is 1. The molecule has 1 N–H and O–H groups in total. The van der Waals surface area contributed by atoms with Crippen LogP contribution in [0, 0.1) is 0 Å². The largest absolute Gasteiger partial charge is 0.392 e. The lowest BCUT2D eigenvalue weighted by Crippen LogP contribution is -2.28. The summed E-state index contributed by atoms with van der Waals surface area (Å²) in [5, 5.41) is 10.8. The molecule has 0 aliphatic heterocycles. The zero-order valence-corrected chi connectivity index (χ0v) is 11.6. The number of fused-ring (bicyclic) bond motifs is 1. The van der Waals surface area contributed by atoms with Gasteiger partial charge < -0.3 is 5.11 Å². The molecule has 1 aliphatic carbocycles. The molecule has 0 saturated heterocycles. The fraction of sp³-hybridized carbons (Fsp3) is 0.769. The summed E-state index contributed by atoms with van der Waals surface area (Å²) >= 11 is 1.86. The number of rotatable bonds is 5. The van der Waals surface area contributed by atoms with E-state index in [1.54, 1.807) is 0 Å². The molecular formula is C13H22N2OS. The van der Waals surface area contributed by atoms with Crippen molar-refractivity contribution in [2.24, 2.45) is 0 Å². The zero-order valence-electron chi connectivity index (χ0n) is 10.8. The van der Waals surface area contributed by atoms with Gasteiger partial charge in [-0.1, -0.05) is 6.92 Å². The summed E-state index contributed by atoms with van der Waals surface area (Å²) in [6.45, 7) is 3.62. The third kappa shape index (κ3) is 3.50. The van der Waals surface area contributed by atoms with Gasteiger partial charge in [0.25, 0.3) is 0 Å². The Balaban J connectivity index is 1.92. The summed E-state index contributed by atoms with van der Waals surface area (Å²) in [4.78, 5) is 8.38. The predicted octanol–water partition coefficient (Wildman–Crippen LogP) is 2.22. The number of hydrogen-bond donors (Lipinski definition) is 1. The standard InChI is InChI=1S/C13H22N2OS/c1-3-10(16)8-15(2)9-13-14-11-6-4-5-7-12(11)17-13/h10,16H,3-9H2,1-2H3. The van der Waals surface area contributed by atoms with Crippen molar-refractivity contribution in [1.29, 1.82) is 0 Å². The van der Waals surface area contributed by atoms with Crippen LogP contribution in [0.3, 0.4) is 0 Å². The third-order valence-corrected chi connectivity index (χ3v) is 4.43. The molecule has 96 valence electrons. The van der Waals surface area contributed by atoms with Crippen LogP contribution in [0.25, 0.3) is 0 Å². The Labute approximate surface area is 107 Å². The molecule has 0 fully saturated rings. The maximum atomic E-state index is 9.61. The van der Waals surface area contributed by atoms with Gasteiger partial charge in [-0.15, -0.1) is 11.3 Å². The molecule has 2 rings (SSSR count). The molecule has 1 aliphatic rings. The van der Waals surface area contributed by atoms with Gasteiger partial charge in [0.1, 0.15) is 5.01 Å². The molecule has 1 heterocycles. The molecule has 1 aromatic rings. The van der Waals surface area contributed by atoms with Gasteiger partial charge in [-0.2, -0.15) is 0 Å². The molecule has 3 nitrogen and oxygen atoms in total. The first-order valence-corrected chi connectivity index (χ1v) is 7.34. The molecular weight excluding hydrogens is 232 g/mol. The van der Waals surface area contributed by atoms with Gasteiger partial charge >= 0.3 is 0 Å². The van der Waals surface area contributed by atoms with Crippen LogP contribution in [-0.2, 0) is 19.4 Å². The van der Waals surface area contributed by atoms with Gasteiger partial charge in [0.15, 0.2) is 0 Å². The summed E-state index contributed by atoms with van der Waals surface area (Å²) in [5.74, 6) is 0. The molecule has 0 saturated carbocycles. The van der Waals surface area contributed by atoms with E-state index in [1.165, 1.54) is 34.8 Å². The second-order valence-electron chi connectivity index (χ2n) is 4.94. The lowest BCUT2D eigenvalue weighted by atomic mass is 10.0. The summed E-state index contributed by atoms with van der Waals surface area (Å²) in [6, 6.07) is 0. The van der Waals surface area contributed by atoms with Crippen molar-refractivity contribution in [3.05, 3.63) is 15.6 Å². The van der Waals surface area contributed by atoms with Crippen LogP contribution in [-0.4, -0.2) is 34.7 Å². The Kier molecular flexibility index (Phi) is 4.54. The fourth-order valence-electron chi connectivity index (χ4n) is 2.26. The molecule has 0 spiro atoms. The van der Waals surface area contributed by atoms with E-state index in [-0.39, 0.29) is 6.10 Å². The molecule has 0 amide bonds. The third-order valence-electron chi connectivity index (χ3n) is 3.29. The molecule has 17 heavy (non-hydrogen) atoms. The molecule has 4 heteroatoms. The van der Waals surface area contributed by atoms with Crippen molar-refractivity contribution < 1.29 is 5.11 Å². The number of aryl methyl sites for hydroxylation is 2. The highest BCUT2D eigenvalue weighted by Crippen LogP contribution is 2.27. The van der Waals surface area contributed by atoms with E-state index in [0.29, 0.717) is 0 Å². The average Bonchev–Trinajstić information content (AvgIpc) is 2.70. The van der Waals surface area contributed by atoms with E-state index >= 15 is 0 Å². The molecule has 0 aromatic carbocycles. The van der Waals surface area contributed by atoms with Gasteiger partial charge in [-0.05, 0) is 39.2 Å². The van der Waals surface area contributed by atoms with Gasteiger partial charge in [0.2, 0.25) is 0 Å². The number of aromatic nitrogens is 1. The van der Waals surface area contributed by atoms with Crippen molar-refractivity contribution in [2.75, 3.05) is 13.6 Å². The smallest absolute Gasteiger partial charge is 0.107 e. The average molecular weight is 254 g/mol. The minimum Gasteiger partial charge on any atom is -0.392 e. The Bertz CT molecular complexity index is 341. The molecule has 1 aromatic heterocycles. The monoisotopic (exact) mass is 254 g/mol. The number of aliphatic hydroxyl groups excluding tert-OH is 1. The number of nitrogens with zero attached hydrogens (tertiary/aromatic N) is 2. The van der Waals surface area contributed by atoms with E-state index in [4.69, 9.17) is 4.98 Å². The van der Waals surface area contributed by atoms with E-state index in [0.717, 1.165) is 25.9 Å². The lowest BCUT2D eigenvalue weighted by molar-refractivity contribution is 0.119. The van der Waals surface area contributed by atoms with Crippen LogP contribution >= 0.6 is 11.3 Å². The minimum absolute atomic E-state index is 0.213. The minimum atomic E-state index is -0.213. The van der Waals surface area contributed by atoms with Crippen LogP contribution in [0.1, 0.15) is 41.8 Å². The Morgan fingerprint density at radius 3 is 2.88 bits per heavy atom. The van der Waals surface area contributed by atoms with Crippen molar-refractivity contribution in [1.82, 2.24) is 9.88 Å². The van der Waals surface area contributed by atoms with Crippen molar-refractivity contribution in [3.63, 3.8) is 0 Å². The van der Waals surface area contributed by atoms with Crippen molar-refractivity contribution >= 4 is 11.3 Å². The summed E-state index contributed by atoms with van der Waals surface area (Å²) < 4.78 is 0. The van der Waals surface area contributed by atoms with Gasteiger partial charge in [-0.3, -0.25) is 4.90 Å². The predicted molar refractivity (Wildman–Crippen MR) is 71.4 cm³/mol. The molecule has 0 bridgehead atoms. The SMILES string of the molecule is CCC(O)CN(C)Cc1nc2c(s1)CCCC2. The maximum Gasteiger partial charge on any atom is 0.107 e. The molecule has 0 radical (unpaired) electrons. The summed E-state index contributed by atoms with van der Waals surface area (Å²) in [5.41, 5.74) is 1.33. The van der Waals surface area contributed by atoms with Crippen LogP contribution in [0.2, 0.25) is 0 Å². The van der Waals surface area contributed by atoms with Crippen LogP contribution < -0.4 is 0 Å². The quantitative estimate of drug-likeness (QED) is 0.875. The highest BCUT2D eigenvalue weighted by molar-refractivity contribution is 7.11. The highest BCUT2D eigenvalue weighted by Gasteiger charge is 2.16. The normalized spacial score (nSPS) is 17.2. The maximum absolute atomic E-state index is 9.61. The first-order chi connectivity index (χ1) is 8.19. The van der Waals surface area contributed by atoms with Gasteiger partial charge in [0.05, 0.1) is 18.3 Å².